The van der Waals surface area contributed by atoms with Gasteiger partial charge in [-0.15, -0.1) is 11.3 Å². The number of carbonyl (C=O) groups excluding carboxylic acids is 1. The van der Waals surface area contributed by atoms with Crippen LogP contribution in [0.4, 0.5) is 0 Å². The van der Waals surface area contributed by atoms with Crippen LogP contribution in [0.5, 0.6) is 0 Å². The van der Waals surface area contributed by atoms with Crippen molar-refractivity contribution < 1.29 is 13.9 Å². The number of hydrogen-bond donors (Lipinski definition) is 0. The number of halogens is 1. The summed E-state index contributed by atoms with van der Waals surface area (Å²) in [5.74, 6) is 1.92. The lowest BCUT2D eigenvalue weighted by molar-refractivity contribution is -0.587. The standard InChI is InChI=1S/C23H24ClN4O2S/c1-26(23(29)20-8-9-21(24)31-20)15-18-14-19(25-30-18)16-4-6-17(7-5-16)22(27-10-2-11-27)28-12-3-13-28/h4-9,14H,2-3,10-13,15H2,1H3/q+1. The Morgan fingerprint density at radius 1 is 1.19 bits per heavy atom. The molecule has 3 aromatic rings. The van der Waals surface area contributed by atoms with Gasteiger partial charge in [0.1, 0.15) is 5.69 Å². The molecular formula is C23H24ClN4O2S+. The first-order valence-corrected chi connectivity index (χ1v) is 11.7. The van der Waals surface area contributed by atoms with Crippen LogP contribution in [-0.2, 0) is 6.54 Å². The summed E-state index contributed by atoms with van der Waals surface area (Å²) in [6, 6.07) is 13.9. The molecule has 0 unspecified atom stereocenters. The van der Waals surface area contributed by atoms with E-state index in [9.17, 15) is 4.79 Å². The zero-order valence-corrected chi connectivity index (χ0v) is 19.0. The lowest BCUT2D eigenvalue weighted by Crippen LogP contribution is -2.49. The zero-order valence-electron chi connectivity index (χ0n) is 17.4. The van der Waals surface area contributed by atoms with E-state index in [2.05, 4.69) is 38.9 Å². The van der Waals surface area contributed by atoms with E-state index in [1.54, 1.807) is 24.1 Å². The van der Waals surface area contributed by atoms with E-state index >= 15 is 0 Å². The van der Waals surface area contributed by atoms with Gasteiger partial charge in [-0.3, -0.25) is 14.3 Å². The van der Waals surface area contributed by atoms with Gasteiger partial charge in [-0.05, 0) is 24.3 Å². The summed E-state index contributed by atoms with van der Waals surface area (Å²) in [7, 11) is 1.75. The van der Waals surface area contributed by atoms with Crippen LogP contribution in [0, 0.1) is 0 Å². The number of hydrogen-bond acceptors (Lipinski definition) is 4. The summed E-state index contributed by atoms with van der Waals surface area (Å²) in [6.45, 7) is 4.92. The van der Waals surface area contributed by atoms with Crippen LogP contribution in [-0.4, -0.2) is 64.5 Å². The molecule has 1 aromatic carbocycles. The molecule has 160 valence electrons. The maximum absolute atomic E-state index is 12.5. The number of aromatic nitrogens is 1. The third kappa shape index (κ3) is 4.12. The first-order chi connectivity index (χ1) is 15.1. The third-order valence-electron chi connectivity index (χ3n) is 5.83. The summed E-state index contributed by atoms with van der Waals surface area (Å²) in [5.41, 5.74) is 3.03. The average Bonchev–Trinajstić information content (AvgIpc) is 3.33. The van der Waals surface area contributed by atoms with E-state index in [0.29, 0.717) is 21.5 Å². The molecule has 2 aliphatic heterocycles. The molecule has 8 heteroatoms. The number of amidine groups is 1. The highest BCUT2D eigenvalue weighted by Crippen LogP contribution is 2.25. The molecular weight excluding hydrogens is 432 g/mol. The SMILES string of the molecule is CN(Cc1cc(-c2ccc(C(N3CCC3)=[N+]3CCC3)cc2)no1)C(=O)c1ccc(Cl)s1. The molecule has 0 N–H and O–H groups in total. The van der Waals surface area contributed by atoms with E-state index < -0.39 is 0 Å². The predicted molar refractivity (Wildman–Crippen MR) is 122 cm³/mol. The van der Waals surface area contributed by atoms with Crippen LogP contribution in [0.15, 0.2) is 47.0 Å². The fourth-order valence-electron chi connectivity index (χ4n) is 3.86. The fourth-order valence-corrected chi connectivity index (χ4v) is 4.90. The summed E-state index contributed by atoms with van der Waals surface area (Å²) >= 11 is 7.22. The van der Waals surface area contributed by atoms with Crippen molar-refractivity contribution in [3.8, 4) is 11.3 Å². The lowest BCUT2D eigenvalue weighted by atomic mass is 10.0. The molecule has 5 rings (SSSR count). The lowest BCUT2D eigenvalue weighted by Gasteiger charge is -2.31. The molecule has 31 heavy (non-hydrogen) atoms. The second-order valence-corrected chi connectivity index (χ2v) is 9.74. The molecule has 0 spiro atoms. The monoisotopic (exact) mass is 455 g/mol. The number of likely N-dealkylation sites (tertiary alicyclic amines) is 1. The van der Waals surface area contributed by atoms with Gasteiger partial charge in [0, 0.05) is 31.5 Å². The van der Waals surface area contributed by atoms with Crippen molar-refractivity contribution in [2.75, 3.05) is 33.2 Å². The number of benzene rings is 1. The molecule has 2 aromatic heterocycles. The van der Waals surface area contributed by atoms with Crippen LogP contribution in [0.2, 0.25) is 4.34 Å². The van der Waals surface area contributed by atoms with E-state index in [-0.39, 0.29) is 5.91 Å². The van der Waals surface area contributed by atoms with Crippen LogP contribution in [0.1, 0.15) is 33.8 Å². The molecule has 1 amide bonds. The predicted octanol–water partition coefficient (Wildman–Crippen LogP) is 4.20. The smallest absolute Gasteiger partial charge is 0.279 e. The molecule has 0 aliphatic carbocycles. The van der Waals surface area contributed by atoms with Gasteiger partial charge in [0.25, 0.3) is 11.7 Å². The Kier molecular flexibility index (Phi) is 5.54. The van der Waals surface area contributed by atoms with Gasteiger partial charge in [-0.25, -0.2) is 0 Å². The van der Waals surface area contributed by atoms with Gasteiger partial charge in [-0.2, -0.15) is 0 Å². The first kappa shape index (κ1) is 20.3. The van der Waals surface area contributed by atoms with Crippen molar-refractivity contribution in [2.24, 2.45) is 0 Å². The van der Waals surface area contributed by atoms with E-state index in [0.717, 1.165) is 37.4 Å². The van der Waals surface area contributed by atoms with Crippen molar-refractivity contribution in [3.05, 3.63) is 63.0 Å². The fraction of sp³-hybridized carbons (Fsp3) is 0.348. The molecule has 0 bridgehead atoms. The first-order valence-electron chi connectivity index (χ1n) is 10.5. The molecule has 0 atom stereocenters. The minimum Gasteiger partial charge on any atom is -0.359 e. The van der Waals surface area contributed by atoms with Crippen molar-refractivity contribution in [1.82, 2.24) is 15.0 Å². The van der Waals surface area contributed by atoms with E-state index in [4.69, 9.17) is 16.1 Å². The number of amides is 1. The van der Waals surface area contributed by atoms with Gasteiger partial charge in [0.2, 0.25) is 0 Å². The summed E-state index contributed by atoms with van der Waals surface area (Å²) in [4.78, 5) is 17.2. The molecule has 0 saturated carbocycles. The molecule has 2 saturated heterocycles. The second kappa shape index (κ2) is 8.48. The van der Waals surface area contributed by atoms with Crippen LogP contribution >= 0.6 is 22.9 Å². The van der Waals surface area contributed by atoms with E-state index in [1.165, 1.54) is 35.6 Å². The Bertz CT molecular complexity index is 1120. The van der Waals surface area contributed by atoms with Crippen molar-refractivity contribution in [1.29, 1.82) is 0 Å². The maximum Gasteiger partial charge on any atom is 0.279 e. The number of carbonyl (C=O) groups is 1. The van der Waals surface area contributed by atoms with Gasteiger partial charge in [-0.1, -0.05) is 28.9 Å². The Hall–Kier alpha value is -2.64. The normalized spacial score (nSPS) is 15.4. The summed E-state index contributed by atoms with van der Waals surface area (Å²) < 4.78 is 8.57. The second-order valence-electron chi connectivity index (χ2n) is 8.03. The Labute approximate surface area is 190 Å². The Morgan fingerprint density at radius 3 is 2.55 bits per heavy atom. The maximum atomic E-state index is 12.5. The van der Waals surface area contributed by atoms with Gasteiger partial charge < -0.3 is 9.42 Å². The minimum absolute atomic E-state index is 0.0840. The summed E-state index contributed by atoms with van der Waals surface area (Å²) in [6.07, 6.45) is 2.54. The quantitative estimate of drug-likeness (QED) is 0.427. The summed E-state index contributed by atoms with van der Waals surface area (Å²) in [5, 5.41) is 4.22. The topological polar surface area (TPSA) is 52.6 Å². The van der Waals surface area contributed by atoms with Gasteiger partial charge in [0.05, 0.1) is 47.5 Å². The number of rotatable bonds is 5. The molecule has 6 nitrogen and oxygen atoms in total. The third-order valence-corrected chi connectivity index (χ3v) is 7.05. The zero-order chi connectivity index (χ0) is 21.4. The Morgan fingerprint density at radius 2 is 1.97 bits per heavy atom. The molecule has 2 aliphatic rings. The average molecular weight is 456 g/mol. The van der Waals surface area contributed by atoms with Crippen LogP contribution < -0.4 is 0 Å². The highest BCUT2D eigenvalue weighted by molar-refractivity contribution is 7.17. The largest absolute Gasteiger partial charge is 0.359 e. The van der Waals surface area contributed by atoms with Crippen LogP contribution in [0.3, 0.4) is 0 Å². The highest BCUT2D eigenvalue weighted by atomic mass is 35.5. The number of thiophene rings is 1. The highest BCUT2D eigenvalue weighted by Gasteiger charge is 2.32. The van der Waals surface area contributed by atoms with E-state index in [1.807, 2.05) is 6.07 Å². The molecule has 4 heterocycles. The number of nitrogens with zero attached hydrogens (tertiary/aromatic N) is 4. The van der Waals surface area contributed by atoms with Crippen molar-refractivity contribution in [2.45, 2.75) is 19.4 Å². The van der Waals surface area contributed by atoms with Crippen molar-refractivity contribution >= 4 is 34.7 Å². The molecule has 0 radical (unpaired) electrons. The molecule has 2 fully saturated rings. The minimum atomic E-state index is -0.0840. The Balaban J connectivity index is 1.29. The van der Waals surface area contributed by atoms with Crippen molar-refractivity contribution in [3.63, 3.8) is 0 Å². The van der Waals surface area contributed by atoms with Gasteiger partial charge in [0.15, 0.2) is 5.76 Å². The van der Waals surface area contributed by atoms with Gasteiger partial charge >= 0.3 is 0 Å². The van der Waals surface area contributed by atoms with Crippen LogP contribution in [0.25, 0.3) is 11.3 Å².